The first kappa shape index (κ1) is 12.8. The molecule has 1 heterocycles. The van der Waals surface area contributed by atoms with Gasteiger partial charge in [0, 0.05) is 13.2 Å². The zero-order valence-electron chi connectivity index (χ0n) is 9.54. The van der Waals surface area contributed by atoms with Gasteiger partial charge in [0.25, 0.3) is 0 Å². The zero-order valence-corrected chi connectivity index (χ0v) is 11.1. The van der Waals surface area contributed by atoms with Crippen molar-refractivity contribution in [3.05, 3.63) is 35.1 Å². The molecule has 0 aliphatic carbocycles. The van der Waals surface area contributed by atoms with Crippen LogP contribution in [0.3, 0.4) is 0 Å². The molecular formula is C10H11ClN4O2S. The molecule has 0 saturated carbocycles. The van der Waals surface area contributed by atoms with Gasteiger partial charge in [0.05, 0.1) is 21.3 Å². The molecule has 0 spiro atoms. The molecular weight excluding hydrogens is 276 g/mol. The lowest BCUT2D eigenvalue weighted by atomic mass is 10.3. The number of aryl methyl sites for hydroxylation is 1. The summed E-state index contributed by atoms with van der Waals surface area (Å²) in [5.41, 5.74) is 6.26. The highest BCUT2D eigenvalue weighted by molar-refractivity contribution is 7.90. The Morgan fingerprint density at radius 2 is 2.17 bits per heavy atom. The van der Waals surface area contributed by atoms with Crippen molar-refractivity contribution in [2.24, 2.45) is 7.05 Å². The third-order valence-corrected chi connectivity index (χ3v) is 4.29. The average molecular weight is 287 g/mol. The number of nitrogens with two attached hydrogens (primary N) is 1. The van der Waals surface area contributed by atoms with Crippen LogP contribution in [0, 0.1) is 0 Å². The molecule has 8 heteroatoms. The molecule has 0 atom stereocenters. The van der Waals surface area contributed by atoms with Crippen LogP contribution < -0.4 is 5.73 Å². The lowest BCUT2D eigenvalue weighted by molar-refractivity contribution is 0.594. The van der Waals surface area contributed by atoms with Crippen molar-refractivity contribution >= 4 is 27.1 Å². The fourth-order valence-electron chi connectivity index (χ4n) is 1.44. The van der Waals surface area contributed by atoms with Crippen molar-refractivity contribution in [1.29, 1.82) is 0 Å². The van der Waals surface area contributed by atoms with E-state index in [1.807, 2.05) is 0 Å². The topological polar surface area (TPSA) is 90.9 Å². The average Bonchev–Trinajstić information content (AvgIpc) is 2.67. The molecule has 0 aliphatic heterocycles. The monoisotopic (exact) mass is 286 g/mol. The van der Waals surface area contributed by atoms with Crippen LogP contribution in [-0.4, -0.2) is 23.4 Å². The van der Waals surface area contributed by atoms with E-state index in [9.17, 15) is 8.42 Å². The Balaban J connectivity index is 2.33. The van der Waals surface area contributed by atoms with Crippen molar-refractivity contribution in [2.45, 2.75) is 10.6 Å². The number of benzene rings is 1. The second-order valence-electron chi connectivity index (χ2n) is 3.83. The maximum atomic E-state index is 12.1. The Bertz CT molecular complexity index is 681. The Hall–Kier alpha value is -1.60. The zero-order chi connectivity index (χ0) is 13.3. The van der Waals surface area contributed by atoms with E-state index in [4.69, 9.17) is 17.3 Å². The van der Waals surface area contributed by atoms with Gasteiger partial charge in [-0.2, -0.15) is 0 Å². The predicted octanol–water partition coefficient (Wildman–Crippen LogP) is 1.02. The van der Waals surface area contributed by atoms with Gasteiger partial charge in [-0.15, -0.1) is 5.10 Å². The molecule has 18 heavy (non-hydrogen) atoms. The molecule has 0 aliphatic rings. The van der Waals surface area contributed by atoms with E-state index in [-0.39, 0.29) is 15.7 Å². The Kier molecular flexibility index (Phi) is 3.27. The fourth-order valence-corrected chi connectivity index (χ4v) is 2.95. The van der Waals surface area contributed by atoms with Crippen molar-refractivity contribution < 1.29 is 8.42 Å². The smallest absolute Gasteiger partial charge is 0.184 e. The van der Waals surface area contributed by atoms with Gasteiger partial charge in [0.15, 0.2) is 9.84 Å². The number of halogens is 1. The minimum atomic E-state index is -3.50. The normalized spacial score (nSPS) is 11.7. The number of hydrogen-bond acceptors (Lipinski definition) is 5. The number of aromatic nitrogens is 3. The summed E-state index contributed by atoms with van der Waals surface area (Å²) in [5, 5.41) is 7.64. The molecule has 6 nitrogen and oxygen atoms in total. The maximum Gasteiger partial charge on any atom is 0.184 e. The van der Waals surface area contributed by atoms with Crippen LogP contribution >= 0.6 is 11.6 Å². The summed E-state index contributed by atoms with van der Waals surface area (Å²) in [6.07, 6.45) is 1.55. The third kappa shape index (κ3) is 2.62. The molecule has 0 saturated heterocycles. The standard InChI is InChI=1S/C10H11ClN4O2S/c1-15-5-7(13-14-15)6-18(16,17)8-2-3-10(12)9(11)4-8/h2-5H,6,12H2,1H3. The van der Waals surface area contributed by atoms with Gasteiger partial charge < -0.3 is 5.73 Å². The minimum Gasteiger partial charge on any atom is -0.398 e. The molecule has 0 fully saturated rings. The summed E-state index contributed by atoms with van der Waals surface area (Å²) in [6.45, 7) is 0. The van der Waals surface area contributed by atoms with Crippen molar-refractivity contribution in [3.63, 3.8) is 0 Å². The van der Waals surface area contributed by atoms with Crippen LogP contribution in [0.2, 0.25) is 5.02 Å². The Morgan fingerprint density at radius 3 is 2.72 bits per heavy atom. The second-order valence-corrected chi connectivity index (χ2v) is 6.22. The number of anilines is 1. The van der Waals surface area contributed by atoms with E-state index in [2.05, 4.69) is 10.3 Å². The van der Waals surface area contributed by atoms with Crippen molar-refractivity contribution in [1.82, 2.24) is 15.0 Å². The van der Waals surface area contributed by atoms with E-state index in [1.54, 1.807) is 13.2 Å². The lowest BCUT2D eigenvalue weighted by Crippen LogP contribution is -2.05. The van der Waals surface area contributed by atoms with Crippen LogP contribution in [0.4, 0.5) is 5.69 Å². The molecule has 0 radical (unpaired) electrons. The largest absolute Gasteiger partial charge is 0.398 e. The van der Waals surface area contributed by atoms with Crippen molar-refractivity contribution in [2.75, 3.05) is 5.73 Å². The van der Waals surface area contributed by atoms with Gasteiger partial charge in [0.1, 0.15) is 5.75 Å². The molecule has 0 bridgehead atoms. The SMILES string of the molecule is Cn1cc(CS(=O)(=O)c2ccc(N)c(Cl)c2)nn1. The Morgan fingerprint density at radius 1 is 1.44 bits per heavy atom. The fraction of sp³-hybridized carbons (Fsp3) is 0.200. The van der Waals surface area contributed by atoms with Gasteiger partial charge in [-0.25, -0.2) is 8.42 Å². The molecule has 1 aromatic heterocycles. The maximum absolute atomic E-state index is 12.1. The molecule has 2 rings (SSSR count). The summed E-state index contributed by atoms with van der Waals surface area (Å²) in [4.78, 5) is 0.118. The summed E-state index contributed by atoms with van der Waals surface area (Å²) < 4.78 is 25.6. The van der Waals surface area contributed by atoms with Crippen LogP contribution in [0.5, 0.6) is 0 Å². The highest BCUT2D eigenvalue weighted by Gasteiger charge is 2.18. The summed E-state index contributed by atoms with van der Waals surface area (Å²) in [7, 11) is -1.83. The number of nitrogens with zero attached hydrogens (tertiary/aromatic N) is 3. The first-order chi connectivity index (χ1) is 8.38. The van der Waals surface area contributed by atoms with Crippen LogP contribution in [0.25, 0.3) is 0 Å². The highest BCUT2D eigenvalue weighted by Crippen LogP contribution is 2.24. The molecule has 0 amide bonds. The van der Waals surface area contributed by atoms with E-state index in [1.165, 1.54) is 22.9 Å². The van der Waals surface area contributed by atoms with E-state index < -0.39 is 9.84 Å². The van der Waals surface area contributed by atoms with Gasteiger partial charge in [0.2, 0.25) is 0 Å². The second kappa shape index (κ2) is 4.58. The van der Waals surface area contributed by atoms with E-state index in [0.717, 1.165) is 0 Å². The highest BCUT2D eigenvalue weighted by atomic mass is 35.5. The minimum absolute atomic E-state index is 0.118. The molecule has 0 unspecified atom stereocenters. The van der Waals surface area contributed by atoms with Crippen molar-refractivity contribution in [3.8, 4) is 0 Å². The lowest BCUT2D eigenvalue weighted by Gasteiger charge is -2.04. The van der Waals surface area contributed by atoms with Crippen LogP contribution in [0.15, 0.2) is 29.3 Å². The van der Waals surface area contributed by atoms with Gasteiger partial charge in [-0.05, 0) is 18.2 Å². The number of rotatable bonds is 3. The van der Waals surface area contributed by atoms with Crippen LogP contribution in [-0.2, 0) is 22.6 Å². The summed E-state index contributed by atoms with van der Waals surface area (Å²) in [5.74, 6) is -0.221. The number of nitrogen functional groups attached to an aromatic ring is 1. The predicted molar refractivity (Wildman–Crippen MR) is 67.8 cm³/mol. The molecule has 96 valence electrons. The van der Waals surface area contributed by atoms with E-state index >= 15 is 0 Å². The Labute approximate surface area is 109 Å². The first-order valence-corrected chi connectivity index (χ1v) is 7.04. The van der Waals surface area contributed by atoms with Gasteiger partial charge >= 0.3 is 0 Å². The number of sulfone groups is 1. The molecule has 2 N–H and O–H groups in total. The molecule has 2 aromatic rings. The van der Waals surface area contributed by atoms with Gasteiger partial charge in [-0.1, -0.05) is 16.8 Å². The molecule has 1 aromatic carbocycles. The van der Waals surface area contributed by atoms with E-state index in [0.29, 0.717) is 11.4 Å². The summed E-state index contributed by atoms with van der Waals surface area (Å²) in [6, 6.07) is 4.22. The quantitative estimate of drug-likeness (QED) is 0.851. The summed E-state index contributed by atoms with van der Waals surface area (Å²) >= 11 is 5.81. The third-order valence-electron chi connectivity index (χ3n) is 2.32. The van der Waals surface area contributed by atoms with Gasteiger partial charge in [-0.3, -0.25) is 4.68 Å². The first-order valence-electron chi connectivity index (χ1n) is 5.01. The number of hydrogen-bond donors (Lipinski definition) is 1. The van der Waals surface area contributed by atoms with Crippen LogP contribution in [0.1, 0.15) is 5.69 Å².